The summed E-state index contributed by atoms with van der Waals surface area (Å²) >= 11 is 0. The number of hydrogen-bond donors (Lipinski definition) is 1. The Kier molecular flexibility index (Phi) is 9.18. The van der Waals surface area contributed by atoms with Crippen LogP contribution in [0.4, 0.5) is 0 Å². The fourth-order valence-electron chi connectivity index (χ4n) is 1.58. The SMILES string of the molecule is C=C/C=C\C(=C/C)CN(C)/C(=N/C=C\C)C(=C)C(=N)C=C. The summed E-state index contributed by atoms with van der Waals surface area (Å²) in [6, 6.07) is 0. The van der Waals surface area contributed by atoms with Crippen LogP contribution in [0.25, 0.3) is 0 Å². The van der Waals surface area contributed by atoms with Gasteiger partial charge in [0.1, 0.15) is 5.84 Å². The largest absolute Gasteiger partial charge is 0.355 e. The highest BCUT2D eigenvalue weighted by Gasteiger charge is 2.13. The number of nitrogens with one attached hydrogen (secondary N) is 1. The van der Waals surface area contributed by atoms with Crippen molar-refractivity contribution in [3.05, 3.63) is 73.5 Å². The van der Waals surface area contributed by atoms with Gasteiger partial charge in [0.25, 0.3) is 0 Å². The van der Waals surface area contributed by atoms with Crippen LogP contribution in [-0.2, 0) is 0 Å². The van der Waals surface area contributed by atoms with E-state index in [0.717, 1.165) is 5.57 Å². The maximum atomic E-state index is 7.85. The number of amidine groups is 1. The maximum Gasteiger partial charge on any atom is 0.137 e. The van der Waals surface area contributed by atoms with E-state index < -0.39 is 0 Å². The third-order valence-electron chi connectivity index (χ3n) is 2.74. The first kappa shape index (κ1) is 18.6. The average Bonchev–Trinajstić information content (AvgIpc) is 2.50. The minimum atomic E-state index is 0.272. The summed E-state index contributed by atoms with van der Waals surface area (Å²) in [6.07, 6.45) is 12.7. The molecular weight excluding hydrogens is 258 g/mol. The monoisotopic (exact) mass is 283 g/mol. The highest BCUT2D eigenvalue weighted by molar-refractivity contribution is 6.25. The van der Waals surface area contributed by atoms with Gasteiger partial charge in [-0.25, -0.2) is 4.99 Å². The number of nitrogens with zero attached hydrogens (tertiary/aromatic N) is 2. The van der Waals surface area contributed by atoms with Gasteiger partial charge in [-0.15, -0.1) is 0 Å². The molecule has 0 spiro atoms. The molecule has 0 saturated heterocycles. The number of allylic oxidation sites excluding steroid dienone is 5. The molecule has 0 radical (unpaired) electrons. The molecule has 0 aromatic carbocycles. The van der Waals surface area contributed by atoms with Crippen LogP contribution in [0.3, 0.4) is 0 Å². The Balaban J connectivity index is 5.31. The van der Waals surface area contributed by atoms with E-state index in [1.807, 2.05) is 50.1 Å². The average molecular weight is 283 g/mol. The van der Waals surface area contributed by atoms with Crippen LogP contribution >= 0.6 is 0 Å². The van der Waals surface area contributed by atoms with Gasteiger partial charge in [0.05, 0.1) is 5.71 Å². The Labute approximate surface area is 128 Å². The summed E-state index contributed by atoms with van der Waals surface area (Å²) in [5.74, 6) is 0.657. The van der Waals surface area contributed by atoms with Crippen LogP contribution in [0.5, 0.6) is 0 Å². The van der Waals surface area contributed by atoms with Gasteiger partial charge in [0.2, 0.25) is 0 Å². The number of rotatable bonds is 8. The van der Waals surface area contributed by atoms with E-state index in [-0.39, 0.29) is 5.71 Å². The molecule has 1 N–H and O–H groups in total. The molecule has 0 unspecified atom stereocenters. The van der Waals surface area contributed by atoms with Gasteiger partial charge in [-0.1, -0.05) is 50.1 Å². The van der Waals surface area contributed by atoms with E-state index in [4.69, 9.17) is 5.41 Å². The van der Waals surface area contributed by atoms with Crippen molar-refractivity contribution in [2.24, 2.45) is 4.99 Å². The van der Waals surface area contributed by atoms with Crippen molar-refractivity contribution >= 4 is 11.5 Å². The van der Waals surface area contributed by atoms with Crippen LogP contribution in [-0.4, -0.2) is 30.0 Å². The molecular formula is C18H25N3. The predicted molar refractivity (Wildman–Crippen MR) is 95.0 cm³/mol. The lowest BCUT2D eigenvalue weighted by Crippen LogP contribution is -2.31. The normalized spacial score (nSPS) is 12.7. The molecule has 3 heteroatoms. The lowest BCUT2D eigenvalue weighted by molar-refractivity contribution is 0.555. The molecule has 0 aliphatic rings. The summed E-state index contributed by atoms with van der Waals surface area (Å²) in [5, 5.41) is 7.85. The van der Waals surface area contributed by atoms with Crippen LogP contribution in [0.15, 0.2) is 78.5 Å². The zero-order valence-corrected chi connectivity index (χ0v) is 13.3. The van der Waals surface area contributed by atoms with Crippen LogP contribution in [0.1, 0.15) is 13.8 Å². The Bertz CT molecular complexity index is 517. The van der Waals surface area contributed by atoms with E-state index in [1.165, 1.54) is 6.08 Å². The lowest BCUT2D eigenvalue weighted by atomic mass is 10.1. The highest BCUT2D eigenvalue weighted by atomic mass is 15.2. The summed E-state index contributed by atoms with van der Waals surface area (Å²) in [5.41, 5.74) is 1.95. The molecule has 0 aliphatic carbocycles. The number of hydrogen-bond acceptors (Lipinski definition) is 2. The van der Waals surface area contributed by atoms with Gasteiger partial charge in [-0.2, -0.15) is 0 Å². The van der Waals surface area contributed by atoms with Gasteiger partial charge in [0, 0.05) is 25.4 Å². The van der Waals surface area contributed by atoms with E-state index in [0.29, 0.717) is 18.0 Å². The molecule has 3 nitrogen and oxygen atoms in total. The molecule has 112 valence electrons. The van der Waals surface area contributed by atoms with Crippen LogP contribution < -0.4 is 0 Å². The fraction of sp³-hybridized carbons (Fsp3) is 0.222. The molecule has 0 rings (SSSR count). The number of likely N-dealkylation sites (N-methyl/N-ethyl adjacent to an activating group) is 1. The van der Waals surface area contributed by atoms with Gasteiger partial charge >= 0.3 is 0 Å². The molecule has 21 heavy (non-hydrogen) atoms. The Hall–Kier alpha value is -2.42. The van der Waals surface area contributed by atoms with Crippen molar-refractivity contribution in [2.75, 3.05) is 13.6 Å². The van der Waals surface area contributed by atoms with E-state index in [1.54, 1.807) is 12.3 Å². The van der Waals surface area contributed by atoms with E-state index in [9.17, 15) is 0 Å². The van der Waals surface area contributed by atoms with Crippen LogP contribution in [0.2, 0.25) is 0 Å². The molecule has 0 aromatic rings. The van der Waals surface area contributed by atoms with Gasteiger partial charge in [-0.05, 0) is 25.5 Å². The summed E-state index contributed by atoms with van der Waals surface area (Å²) < 4.78 is 0. The van der Waals surface area contributed by atoms with Crippen molar-refractivity contribution in [2.45, 2.75) is 13.8 Å². The molecule has 0 atom stereocenters. The quantitative estimate of drug-likeness (QED) is 0.402. The first-order chi connectivity index (χ1) is 10.0. The van der Waals surface area contributed by atoms with Crippen molar-refractivity contribution in [3.63, 3.8) is 0 Å². The lowest BCUT2D eigenvalue weighted by Gasteiger charge is -2.23. The summed E-state index contributed by atoms with van der Waals surface area (Å²) in [7, 11) is 1.93. The third kappa shape index (κ3) is 6.52. The predicted octanol–water partition coefficient (Wildman–Crippen LogP) is 4.30. The molecule has 0 bridgehead atoms. The zero-order valence-electron chi connectivity index (χ0n) is 13.3. The van der Waals surface area contributed by atoms with Crippen molar-refractivity contribution in [1.29, 1.82) is 5.41 Å². The topological polar surface area (TPSA) is 39.5 Å². The van der Waals surface area contributed by atoms with Crippen molar-refractivity contribution in [1.82, 2.24) is 4.90 Å². The standard InChI is InChI=1S/C18H25N3/c1-7-11-12-16(9-3)14-21(6)18(20-13-8-2)15(5)17(19)10-4/h7-13,19H,1,4-5,14H2,2-3,6H3/b12-11-,13-8-,16-9+,19-17?,20-18+. The zero-order chi connectivity index (χ0) is 16.3. The first-order valence-electron chi connectivity index (χ1n) is 6.76. The van der Waals surface area contributed by atoms with Crippen LogP contribution in [0, 0.1) is 5.41 Å². The van der Waals surface area contributed by atoms with Gasteiger partial charge in [0.15, 0.2) is 0 Å². The maximum absolute atomic E-state index is 7.85. The second-order valence-electron chi connectivity index (χ2n) is 4.35. The molecule has 0 fully saturated rings. The second kappa shape index (κ2) is 10.4. The number of aliphatic imine (C=N–C) groups is 1. The minimum absolute atomic E-state index is 0.272. The van der Waals surface area contributed by atoms with Gasteiger partial charge < -0.3 is 10.3 Å². The Morgan fingerprint density at radius 1 is 1.29 bits per heavy atom. The molecule has 0 saturated carbocycles. The Morgan fingerprint density at radius 2 is 1.95 bits per heavy atom. The van der Waals surface area contributed by atoms with Crippen molar-refractivity contribution < 1.29 is 0 Å². The summed E-state index contributed by atoms with van der Waals surface area (Å²) in [6.45, 7) is 15.8. The summed E-state index contributed by atoms with van der Waals surface area (Å²) in [4.78, 5) is 6.34. The van der Waals surface area contributed by atoms with E-state index >= 15 is 0 Å². The fourth-order valence-corrected chi connectivity index (χ4v) is 1.58. The third-order valence-corrected chi connectivity index (χ3v) is 2.74. The second-order valence-corrected chi connectivity index (χ2v) is 4.35. The molecule has 0 heterocycles. The minimum Gasteiger partial charge on any atom is -0.355 e. The molecule has 0 aromatic heterocycles. The molecule has 0 amide bonds. The smallest absolute Gasteiger partial charge is 0.137 e. The Morgan fingerprint density at radius 3 is 2.43 bits per heavy atom. The first-order valence-corrected chi connectivity index (χ1v) is 6.76. The van der Waals surface area contributed by atoms with Gasteiger partial charge in [-0.3, -0.25) is 0 Å². The highest BCUT2D eigenvalue weighted by Crippen LogP contribution is 2.08. The van der Waals surface area contributed by atoms with E-state index in [2.05, 4.69) is 24.7 Å². The molecule has 0 aliphatic heterocycles. The van der Waals surface area contributed by atoms with Crippen molar-refractivity contribution in [3.8, 4) is 0 Å².